The van der Waals surface area contributed by atoms with Crippen molar-refractivity contribution in [2.75, 3.05) is 19.0 Å². The fraction of sp³-hybridized carbons (Fsp3) is 0.650. The van der Waals surface area contributed by atoms with Gasteiger partial charge in [0.25, 0.3) is 0 Å². The molecule has 0 aliphatic rings. The number of hydrogen-bond acceptors (Lipinski definition) is 6. The Hall–Kier alpha value is -1.67. The average Bonchev–Trinajstić information content (AvgIpc) is 2.59. The van der Waals surface area contributed by atoms with Gasteiger partial charge < -0.3 is 31.9 Å². The molecule has 0 aliphatic carbocycles. The zero-order valence-electron chi connectivity index (χ0n) is 17.2. The van der Waals surface area contributed by atoms with Gasteiger partial charge >= 0.3 is 0 Å². The summed E-state index contributed by atoms with van der Waals surface area (Å²) in [6.45, 7) is 8.11. The molecule has 1 aromatic rings. The highest BCUT2D eigenvalue weighted by molar-refractivity contribution is 5.95. The number of benzene rings is 1. The molecule has 0 spiro atoms. The van der Waals surface area contributed by atoms with E-state index in [0.29, 0.717) is 30.0 Å². The lowest BCUT2D eigenvalue weighted by Gasteiger charge is -2.28. The van der Waals surface area contributed by atoms with Gasteiger partial charge in [-0.1, -0.05) is 20.3 Å². The van der Waals surface area contributed by atoms with Crippen LogP contribution in [0.5, 0.6) is 5.75 Å². The second-order valence-corrected chi connectivity index (χ2v) is 7.83. The summed E-state index contributed by atoms with van der Waals surface area (Å²) < 4.78 is 5.33. The summed E-state index contributed by atoms with van der Waals surface area (Å²) in [5, 5.41) is 16.8. The predicted octanol–water partition coefficient (Wildman–Crippen LogP) is 1.90. The lowest BCUT2D eigenvalue weighted by molar-refractivity contribution is -0.118. The number of nitrogens with two attached hydrogens (primary N) is 2. The molecule has 1 rings (SSSR count). The van der Waals surface area contributed by atoms with E-state index in [0.717, 1.165) is 12.8 Å². The number of amides is 1. The molecule has 7 heteroatoms. The summed E-state index contributed by atoms with van der Waals surface area (Å²) in [6.07, 6.45) is 1.54. The van der Waals surface area contributed by atoms with Crippen molar-refractivity contribution in [3.63, 3.8) is 0 Å². The van der Waals surface area contributed by atoms with E-state index < -0.39 is 11.6 Å². The topological polar surface area (TPSA) is 123 Å². The maximum absolute atomic E-state index is 12.8. The van der Waals surface area contributed by atoms with Gasteiger partial charge in [0.05, 0.1) is 19.3 Å². The maximum Gasteiger partial charge on any atom is 0.241 e. The van der Waals surface area contributed by atoms with Gasteiger partial charge in [0.1, 0.15) is 5.75 Å². The highest BCUT2D eigenvalue weighted by Gasteiger charge is 2.28. The van der Waals surface area contributed by atoms with Crippen LogP contribution in [0.25, 0.3) is 0 Å². The number of hydrogen-bond donors (Lipinski definition) is 5. The normalized spacial score (nSPS) is 14.1. The van der Waals surface area contributed by atoms with Crippen LogP contribution in [0.3, 0.4) is 0 Å². The highest BCUT2D eigenvalue weighted by Crippen LogP contribution is 2.33. The first-order chi connectivity index (χ1) is 12.6. The van der Waals surface area contributed by atoms with Crippen LogP contribution in [0.4, 0.5) is 5.69 Å². The Bertz CT molecular complexity index is 599. The number of carbonyl (C=O) groups is 1. The van der Waals surface area contributed by atoms with Crippen LogP contribution in [0.2, 0.25) is 0 Å². The van der Waals surface area contributed by atoms with Gasteiger partial charge in [-0.3, -0.25) is 4.79 Å². The van der Waals surface area contributed by atoms with Crippen molar-refractivity contribution in [2.24, 2.45) is 11.5 Å². The zero-order valence-corrected chi connectivity index (χ0v) is 17.2. The van der Waals surface area contributed by atoms with E-state index in [-0.39, 0.29) is 18.0 Å². The number of anilines is 1. The molecule has 0 saturated carbocycles. The molecule has 1 aromatic carbocycles. The number of rotatable bonds is 11. The Morgan fingerprint density at radius 3 is 2.48 bits per heavy atom. The van der Waals surface area contributed by atoms with E-state index in [1.165, 1.54) is 7.11 Å². The molecule has 0 radical (unpaired) electrons. The summed E-state index contributed by atoms with van der Waals surface area (Å²) in [4.78, 5) is 12.8. The third kappa shape index (κ3) is 7.46. The average molecular weight is 381 g/mol. The minimum atomic E-state index is -0.932. The number of aliphatic hydroxyl groups is 1. The number of ether oxygens (including phenoxy) is 1. The van der Waals surface area contributed by atoms with Crippen molar-refractivity contribution in [2.45, 2.75) is 70.7 Å². The van der Waals surface area contributed by atoms with E-state index in [9.17, 15) is 9.90 Å². The molecule has 0 aromatic heterocycles. The van der Waals surface area contributed by atoms with Crippen LogP contribution in [-0.2, 0) is 4.79 Å². The molecule has 7 N–H and O–H groups in total. The first-order valence-electron chi connectivity index (χ1n) is 9.52. The minimum absolute atomic E-state index is 0.113. The van der Waals surface area contributed by atoms with E-state index >= 15 is 0 Å². The van der Waals surface area contributed by atoms with Gasteiger partial charge in [0.2, 0.25) is 5.91 Å². The third-order valence-corrected chi connectivity index (χ3v) is 4.29. The molecule has 2 unspecified atom stereocenters. The SMILES string of the molecule is COc1ccc(NC(=O)C(CCCCN)NC(C)C)cc1C(O)C(C)(C)N. The smallest absolute Gasteiger partial charge is 0.241 e. The standard InChI is InChI=1S/C20H36N4O3/c1-13(2)23-16(8-6-7-11-21)19(26)24-14-9-10-17(27-5)15(12-14)18(25)20(3,4)22/h9-10,12-13,16,18,23,25H,6-8,11,21-22H2,1-5H3,(H,24,26). The monoisotopic (exact) mass is 380 g/mol. The lowest BCUT2D eigenvalue weighted by Crippen LogP contribution is -2.44. The second kappa shape index (κ2) is 10.6. The Morgan fingerprint density at radius 1 is 1.30 bits per heavy atom. The Morgan fingerprint density at radius 2 is 1.96 bits per heavy atom. The second-order valence-electron chi connectivity index (χ2n) is 7.83. The van der Waals surface area contributed by atoms with E-state index in [1.54, 1.807) is 32.0 Å². The van der Waals surface area contributed by atoms with Crippen molar-refractivity contribution in [3.05, 3.63) is 23.8 Å². The molecule has 0 heterocycles. The van der Waals surface area contributed by atoms with Gasteiger partial charge in [-0.2, -0.15) is 0 Å². The van der Waals surface area contributed by atoms with E-state index in [4.69, 9.17) is 16.2 Å². The zero-order chi connectivity index (χ0) is 20.6. The quantitative estimate of drug-likeness (QED) is 0.374. The lowest BCUT2D eigenvalue weighted by atomic mass is 9.91. The molecule has 27 heavy (non-hydrogen) atoms. The fourth-order valence-corrected chi connectivity index (χ4v) is 2.84. The van der Waals surface area contributed by atoms with Crippen LogP contribution in [0, 0.1) is 0 Å². The Balaban J connectivity index is 2.99. The fourth-order valence-electron chi connectivity index (χ4n) is 2.84. The van der Waals surface area contributed by atoms with Crippen molar-refractivity contribution >= 4 is 11.6 Å². The van der Waals surface area contributed by atoms with Gasteiger partial charge in [-0.25, -0.2) is 0 Å². The predicted molar refractivity (Wildman–Crippen MR) is 110 cm³/mol. The molecule has 154 valence electrons. The first-order valence-corrected chi connectivity index (χ1v) is 9.52. The summed E-state index contributed by atoms with van der Waals surface area (Å²) in [5.74, 6) is 0.414. The van der Waals surface area contributed by atoms with Crippen molar-refractivity contribution < 1.29 is 14.6 Å². The molecule has 0 bridgehead atoms. The summed E-state index contributed by atoms with van der Waals surface area (Å²) >= 11 is 0. The largest absolute Gasteiger partial charge is 0.496 e. The van der Waals surface area contributed by atoms with Gasteiger partial charge in [-0.15, -0.1) is 0 Å². The van der Waals surface area contributed by atoms with Crippen LogP contribution >= 0.6 is 0 Å². The maximum atomic E-state index is 12.8. The molecular formula is C20H36N4O3. The summed E-state index contributed by atoms with van der Waals surface area (Å²) in [7, 11) is 1.54. The van der Waals surface area contributed by atoms with Crippen molar-refractivity contribution in [1.29, 1.82) is 0 Å². The number of unbranched alkanes of at least 4 members (excludes halogenated alkanes) is 1. The first kappa shape index (κ1) is 23.4. The Labute approximate surface area is 162 Å². The van der Waals surface area contributed by atoms with Crippen LogP contribution in [0.15, 0.2) is 18.2 Å². The molecule has 0 aliphatic heterocycles. The van der Waals surface area contributed by atoms with Gasteiger partial charge in [0.15, 0.2) is 0 Å². The number of aliphatic hydroxyl groups excluding tert-OH is 1. The molecule has 2 atom stereocenters. The number of nitrogens with one attached hydrogen (secondary N) is 2. The van der Waals surface area contributed by atoms with Crippen LogP contribution in [-0.4, -0.2) is 42.3 Å². The van der Waals surface area contributed by atoms with Crippen molar-refractivity contribution in [1.82, 2.24) is 5.32 Å². The van der Waals surface area contributed by atoms with Crippen LogP contribution < -0.4 is 26.8 Å². The summed E-state index contributed by atoms with van der Waals surface area (Å²) in [6, 6.07) is 5.06. The highest BCUT2D eigenvalue weighted by atomic mass is 16.5. The van der Waals surface area contributed by atoms with E-state index in [1.807, 2.05) is 13.8 Å². The third-order valence-electron chi connectivity index (χ3n) is 4.29. The van der Waals surface area contributed by atoms with Crippen molar-refractivity contribution in [3.8, 4) is 5.75 Å². The van der Waals surface area contributed by atoms with Gasteiger partial charge in [-0.05, 0) is 51.4 Å². The molecule has 1 amide bonds. The number of carbonyl (C=O) groups excluding carboxylic acids is 1. The Kier molecular flexibility index (Phi) is 9.18. The van der Waals surface area contributed by atoms with Gasteiger partial charge in [0, 0.05) is 22.8 Å². The minimum Gasteiger partial charge on any atom is -0.496 e. The van der Waals surface area contributed by atoms with Crippen LogP contribution in [0.1, 0.15) is 58.6 Å². The molecule has 7 nitrogen and oxygen atoms in total. The molecular weight excluding hydrogens is 344 g/mol. The summed E-state index contributed by atoms with van der Waals surface area (Å²) in [5.41, 5.74) is 11.9. The number of methoxy groups -OCH3 is 1. The van der Waals surface area contributed by atoms with E-state index in [2.05, 4.69) is 10.6 Å². The molecule has 0 saturated heterocycles. The molecule has 0 fully saturated rings.